The van der Waals surface area contributed by atoms with Crippen LogP contribution in [0.3, 0.4) is 0 Å². The van der Waals surface area contributed by atoms with E-state index in [2.05, 4.69) is 27.5 Å². The Bertz CT molecular complexity index is 1450. The largest absolute Gasteiger partial charge is 0.454 e. The lowest BCUT2D eigenvalue weighted by molar-refractivity contribution is -0.124. The van der Waals surface area contributed by atoms with Gasteiger partial charge in [0.05, 0.1) is 22.8 Å². The second-order valence-electron chi connectivity index (χ2n) is 9.36. The van der Waals surface area contributed by atoms with Gasteiger partial charge in [-0.1, -0.05) is 13.3 Å². The fourth-order valence-electron chi connectivity index (χ4n) is 4.58. The van der Waals surface area contributed by atoms with Gasteiger partial charge in [0.15, 0.2) is 11.5 Å². The summed E-state index contributed by atoms with van der Waals surface area (Å²) in [5.74, 6) is 0.785. The molecule has 0 saturated carbocycles. The first kappa shape index (κ1) is 26.8. The summed E-state index contributed by atoms with van der Waals surface area (Å²) >= 11 is 0. The number of carbonyl (C=O) groups excluding carboxylic acids is 1. The molecule has 1 atom stereocenters. The fourth-order valence-corrected chi connectivity index (χ4v) is 6.23. The Kier molecular flexibility index (Phi) is 7.94. The molecule has 0 spiro atoms. The molecule has 10 nitrogen and oxygen atoms in total. The maximum atomic E-state index is 13.3. The van der Waals surface area contributed by atoms with E-state index in [1.807, 2.05) is 18.2 Å². The van der Waals surface area contributed by atoms with Crippen LogP contribution in [0.2, 0.25) is 0 Å². The SMILES string of the molecule is CCCCNc1nc(CNC(=O)C2CCCN2S(=O)(=O)c2ccc(F)cc2)cc(-c2ccc3c(c2)OCO3)n1. The number of anilines is 1. The molecule has 0 radical (unpaired) electrons. The van der Waals surface area contributed by atoms with Crippen LogP contribution < -0.4 is 20.1 Å². The Morgan fingerprint density at radius 2 is 1.90 bits per heavy atom. The monoisotopic (exact) mass is 555 g/mol. The maximum Gasteiger partial charge on any atom is 0.243 e. The summed E-state index contributed by atoms with van der Waals surface area (Å²) in [6.07, 6.45) is 2.90. The number of sulfonamides is 1. The highest BCUT2D eigenvalue weighted by Gasteiger charge is 2.39. The molecule has 1 saturated heterocycles. The van der Waals surface area contributed by atoms with Gasteiger partial charge in [0.25, 0.3) is 0 Å². The van der Waals surface area contributed by atoms with Crippen LogP contribution in [0.15, 0.2) is 53.4 Å². The van der Waals surface area contributed by atoms with Crippen LogP contribution in [-0.4, -0.2) is 54.5 Å². The number of halogens is 1. The van der Waals surface area contributed by atoms with Crippen molar-refractivity contribution in [3.8, 4) is 22.8 Å². The van der Waals surface area contributed by atoms with Crippen molar-refractivity contribution in [2.24, 2.45) is 0 Å². The summed E-state index contributed by atoms with van der Waals surface area (Å²) in [5, 5.41) is 6.09. The van der Waals surface area contributed by atoms with Gasteiger partial charge in [-0.3, -0.25) is 4.79 Å². The number of amides is 1. The predicted octanol–water partition coefficient (Wildman–Crippen LogP) is 3.69. The Labute approximate surface area is 226 Å². The first-order valence-electron chi connectivity index (χ1n) is 12.9. The number of ether oxygens (including phenoxy) is 2. The van der Waals surface area contributed by atoms with E-state index >= 15 is 0 Å². The molecule has 1 fully saturated rings. The van der Waals surface area contributed by atoms with Crippen molar-refractivity contribution in [3.63, 3.8) is 0 Å². The molecule has 12 heteroatoms. The maximum absolute atomic E-state index is 13.3. The van der Waals surface area contributed by atoms with E-state index in [-0.39, 0.29) is 24.8 Å². The van der Waals surface area contributed by atoms with E-state index in [0.29, 0.717) is 48.2 Å². The van der Waals surface area contributed by atoms with Crippen molar-refractivity contribution in [2.45, 2.75) is 50.1 Å². The van der Waals surface area contributed by atoms with Gasteiger partial charge in [-0.15, -0.1) is 0 Å². The van der Waals surface area contributed by atoms with Gasteiger partial charge in [-0.2, -0.15) is 4.31 Å². The number of aromatic nitrogens is 2. The van der Waals surface area contributed by atoms with E-state index in [1.54, 1.807) is 6.07 Å². The molecule has 2 aliphatic rings. The molecule has 2 aliphatic heterocycles. The average Bonchev–Trinajstić information content (AvgIpc) is 3.62. The van der Waals surface area contributed by atoms with Gasteiger partial charge in [0, 0.05) is 18.7 Å². The van der Waals surface area contributed by atoms with E-state index in [0.717, 1.165) is 30.5 Å². The molecule has 3 heterocycles. The number of fused-ring (bicyclic) bond motifs is 1. The average molecular weight is 556 g/mol. The molecular formula is C27H30FN5O5S. The predicted molar refractivity (Wildman–Crippen MR) is 142 cm³/mol. The number of benzene rings is 2. The summed E-state index contributed by atoms with van der Waals surface area (Å²) in [4.78, 5) is 22.3. The van der Waals surface area contributed by atoms with Gasteiger partial charge in [0.2, 0.25) is 28.7 Å². The molecular weight excluding hydrogens is 525 g/mol. The van der Waals surface area contributed by atoms with Crippen molar-refractivity contribution < 1.29 is 27.1 Å². The number of nitrogens with one attached hydrogen (secondary N) is 2. The standard InChI is InChI=1S/C27H30FN5O5S/c1-2-3-12-29-27-31-20(15-22(32-27)18-6-11-24-25(14-18)38-17-37-24)16-30-26(34)23-5-4-13-33(23)39(35,36)21-9-7-19(28)8-10-21/h6-11,14-15,23H,2-5,12-13,16-17H2,1H3,(H,30,34)(H,29,31,32). The normalized spacial score (nSPS) is 16.8. The third kappa shape index (κ3) is 5.96. The number of unbranched alkanes of at least 4 members (excludes halogenated alkanes) is 1. The van der Waals surface area contributed by atoms with Crippen molar-refractivity contribution >= 4 is 21.9 Å². The molecule has 3 aromatic rings. The zero-order valence-corrected chi connectivity index (χ0v) is 22.3. The van der Waals surface area contributed by atoms with Gasteiger partial charge in [0.1, 0.15) is 11.9 Å². The lowest BCUT2D eigenvalue weighted by Gasteiger charge is -2.23. The minimum absolute atomic E-state index is 0.0458. The molecule has 2 N–H and O–H groups in total. The second kappa shape index (κ2) is 11.5. The van der Waals surface area contributed by atoms with E-state index < -0.39 is 27.8 Å². The quantitative estimate of drug-likeness (QED) is 0.363. The Morgan fingerprint density at radius 1 is 1.10 bits per heavy atom. The van der Waals surface area contributed by atoms with Gasteiger partial charge in [-0.05, 0) is 67.8 Å². The number of rotatable bonds is 10. The first-order valence-corrected chi connectivity index (χ1v) is 14.4. The molecule has 1 amide bonds. The van der Waals surface area contributed by atoms with E-state index in [1.165, 1.54) is 16.4 Å². The van der Waals surface area contributed by atoms with Crippen LogP contribution in [0.4, 0.5) is 10.3 Å². The van der Waals surface area contributed by atoms with Gasteiger partial charge >= 0.3 is 0 Å². The molecule has 5 rings (SSSR count). The third-order valence-corrected chi connectivity index (χ3v) is 8.55. The van der Waals surface area contributed by atoms with Gasteiger partial charge in [-0.25, -0.2) is 22.8 Å². The van der Waals surface area contributed by atoms with Crippen LogP contribution in [0.1, 0.15) is 38.3 Å². The molecule has 1 unspecified atom stereocenters. The molecule has 0 aliphatic carbocycles. The Hall–Kier alpha value is -3.77. The molecule has 0 bridgehead atoms. The summed E-state index contributed by atoms with van der Waals surface area (Å²) < 4.78 is 51.7. The van der Waals surface area contributed by atoms with Crippen molar-refractivity contribution in [3.05, 3.63) is 60.0 Å². The number of carbonyl (C=O) groups is 1. The summed E-state index contributed by atoms with van der Waals surface area (Å²) in [7, 11) is -3.95. The van der Waals surface area contributed by atoms with Crippen LogP contribution in [0.25, 0.3) is 11.3 Å². The van der Waals surface area contributed by atoms with Crippen LogP contribution in [0.5, 0.6) is 11.5 Å². The van der Waals surface area contributed by atoms with Crippen LogP contribution in [0, 0.1) is 5.82 Å². The van der Waals surface area contributed by atoms with Crippen LogP contribution >= 0.6 is 0 Å². The topological polar surface area (TPSA) is 123 Å². The van der Waals surface area contributed by atoms with Gasteiger partial charge < -0.3 is 20.1 Å². The number of hydrogen-bond acceptors (Lipinski definition) is 8. The third-order valence-electron chi connectivity index (χ3n) is 6.63. The van der Waals surface area contributed by atoms with Crippen molar-refractivity contribution in [1.82, 2.24) is 19.6 Å². The van der Waals surface area contributed by atoms with E-state index in [4.69, 9.17) is 9.47 Å². The lowest BCUT2D eigenvalue weighted by atomic mass is 10.1. The summed E-state index contributed by atoms with van der Waals surface area (Å²) in [6.45, 7) is 3.26. The zero-order valence-electron chi connectivity index (χ0n) is 21.5. The minimum atomic E-state index is -3.95. The molecule has 2 aromatic carbocycles. The second-order valence-corrected chi connectivity index (χ2v) is 11.3. The highest BCUT2D eigenvalue weighted by molar-refractivity contribution is 7.89. The highest BCUT2D eigenvalue weighted by Crippen LogP contribution is 2.35. The summed E-state index contributed by atoms with van der Waals surface area (Å²) in [6, 6.07) is 11.1. The zero-order chi connectivity index (χ0) is 27.4. The van der Waals surface area contributed by atoms with E-state index in [9.17, 15) is 17.6 Å². The number of nitrogens with zero attached hydrogens (tertiary/aromatic N) is 3. The lowest BCUT2D eigenvalue weighted by Crippen LogP contribution is -2.45. The smallest absolute Gasteiger partial charge is 0.243 e. The fraction of sp³-hybridized carbons (Fsp3) is 0.370. The molecule has 206 valence electrons. The minimum Gasteiger partial charge on any atom is -0.454 e. The Morgan fingerprint density at radius 3 is 2.69 bits per heavy atom. The van der Waals surface area contributed by atoms with Crippen molar-refractivity contribution in [2.75, 3.05) is 25.2 Å². The summed E-state index contributed by atoms with van der Waals surface area (Å²) in [5.41, 5.74) is 2.02. The first-order chi connectivity index (χ1) is 18.8. The highest BCUT2D eigenvalue weighted by atomic mass is 32.2. The number of hydrogen-bond donors (Lipinski definition) is 2. The van der Waals surface area contributed by atoms with Crippen LogP contribution in [-0.2, 0) is 21.4 Å². The van der Waals surface area contributed by atoms with Crippen molar-refractivity contribution in [1.29, 1.82) is 0 Å². The molecule has 39 heavy (non-hydrogen) atoms. The Balaban J connectivity index is 1.33. The molecule has 1 aromatic heterocycles.